The van der Waals surface area contributed by atoms with Crippen LogP contribution < -0.4 is 0 Å². The number of hydrogen-bond acceptors (Lipinski definition) is 2. The molecule has 4 aliphatic rings. The predicted octanol–water partition coefficient (Wildman–Crippen LogP) is 4.17. The molecule has 0 aromatic heterocycles. The summed E-state index contributed by atoms with van der Waals surface area (Å²) in [6.45, 7) is 4.50. The molecule has 4 saturated carbocycles. The molecule has 0 spiro atoms. The molecule has 0 N–H and O–H groups in total. The highest BCUT2D eigenvalue weighted by Gasteiger charge is 2.62. The summed E-state index contributed by atoms with van der Waals surface area (Å²) in [5.74, 6) is 2.83. The van der Waals surface area contributed by atoms with Gasteiger partial charge in [0.1, 0.15) is 11.6 Å². The molecular weight excluding hydrogens is 260 g/mol. The van der Waals surface area contributed by atoms with Crippen molar-refractivity contribution in [3.8, 4) is 0 Å². The molecule has 5 unspecified atom stereocenters. The number of Topliss-reactive ketones (excluding diaryl/α,β-unsaturated/α-hetero) is 2. The zero-order valence-corrected chi connectivity index (χ0v) is 13.5. The van der Waals surface area contributed by atoms with Crippen LogP contribution in [0.15, 0.2) is 0 Å². The van der Waals surface area contributed by atoms with Crippen molar-refractivity contribution >= 4 is 11.6 Å². The van der Waals surface area contributed by atoms with Gasteiger partial charge in [0.25, 0.3) is 0 Å². The van der Waals surface area contributed by atoms with E-state index in [1.165, 1.54) is 38.5 Å². The van der Waals surface area contributed by atoms with Crippen molar-refractivity contribution in [1.29, 1.82) is 0 Å². The van der Waals surface area contributed by atoms with Crippen LogP contribution in [0.4, 0.5) is 0 Å². The van der Waals surface area contributed by atoms with Crippen LogP contribution >= 0.6 is 0 Å². The minimum Gasteiger partial charge on any atom is -0.299 e. The Labute approximate surface area is 128 Å². The second kappa shape index (κ2) is 4.43. The third-order valence-corrected chi connectivity index (χ3v) is 7.98. The van der Waals surface area contributed by atoms with Gasteiger partial charge in [-0.05, 0) is 55.3 Å². The molecule has 0 aliphatic heterocycles. The topological polar surface area (TPSA) is 34.1 Å². The highest BCUT2D eigenvalue weighted by atomic mass is 16.1. The van der Waals surface area contributed by atoms with E-state index in [4.69, 9.17) is 0 Å². The zero-order chi connectivity index (χ0) is 14.8. The molecule has 2 heteroatoms. The Morgan fingerprint density at radius 3 is 2.62 bits per heavy atom. The van der Waals surface area contributed by atoms with Crippen LogP contribution in [-0.4, -0.2) is 11.6 Å². The molecule has 0 amide bonds. The maximum atomic E-state index is 13.0. The lowest BCUT2D eigenvalue weighted by Gasteiger charge is -2.58. The first-order chi connectivity index (χ1) is 9.97. The third-order valence-electron chi connectivity index (χ3n) is 7.98. The van der Waals surface area contributed by atoms with Crippen LogP contribution in [0.5, 0.6) is 0 Å². The van der Waals surface area contributed by atoms with Gasteiger partial charge in [-0.25, -0.2) is 0 Å². The number of hydrogen-bond donors (Lipinski definition) is 0. The third kappa shape index (κ3) is 1.71. The molecule has 0 aromatic rings. The van der Waals surface area contributed by atoms with Gasteiger partial charge in [0, 0.05) is 24.2 Å². The van der Waals surface area contributed by atoms with Gasteiger partial charge in [-0.1, -0.05) is 26.7 Å². The van der Waals surface area contributed by atoms with Crippen LogP contribution in [0.25, 0.3) is 0 Å². The maximum Gasteiger partial charge on any atom is 0.139 e. The Hall–Kier alpha value is -0.660. The van der Waals surface area contributed by atoms with Crippen molar-refractivity contribution in [2.75, 3.05) is 0 Å². The smallest absolute Gasteiger partial charge is 0.139 e. The standard InChI is InChI=1S/C19H28O2/c1-18-10-4-3-5-12(18)6-7-13-14-8-9-16(21)19(14,2)11-15(20)17(13)18/h12-14,17H,3-11H2,1-2H3/t12-,13?,14?,17?,18?,19?/m1/s1. The van der Waals surface area contributed by atoms with E-state index in [-0.39, 0.29) is 16.7 Å². The summed E-state index contributed by atoms with van der Waals surface area (Å²) in [6.07, 6.45) is 10.0. The van der Waals surface area contributed by atoms with Gasteiger partial charge in [-0.2, -0.15) is 0 Å². The monoisotopic (exact) mass is 288 g/mol. The van der Waals surface area contributed by atoms with E-state index in [1.54, 1.807) is 0 Å². The molecule has 0 saturated heterocycles. The van der Waals surface area contributed by atoms with Crippen LogP contribution in [-0.2, 0) is 9.59 Å². The molecule has 4 rings (SSSR count). The highest BCUT2D eigenvalue weighted by Crippen LogP contribution is 2.64. The lowest BCUT2D eigenvalue weighted by Crippen LogP contribution is -2.56. The number of fused-ring (bicyclic) bond motifs is 5. The van der Waals surface area contributed by atoms with Gasteiger partial charge >= 0.3 is 0 Å². The van der Waals surface area contributed by atoms with E-state index in [9.17, 15) is 9.59 Å². The first-order valence-electron chi connectivity index (χ1n) is 9.03. The molecule has 2 nitrogen and oxygen atoms in total. The fourth-order valence-corrected chi connectivity index (χ4v) is 6.89. The summed E-state index contributed by atoms with van der Waals surface area (Å²) in [5.41, 5.74) is -0.0681. The van der Waals surface area contributed by atoms with Gasteiger partial charge in [-0.3, -0.25) is 9.59 Å². The Morgan fingerprint density at radius 2 is 1.81 bits per heavy atom. The summed E-state index contributed by atoms with van der Waals surface area (Å²) < 4.78 is 0. The van der Waals surface area contributed by atoms with Gasteiger partial charge in [0.2, 0.25) is 0 Å². The van der Waals surface area contributed by atoms with Gasteiger partial charge in [0.05, 0.1) is 0 Å². The van der Waals surface area contributed by atoms with E-state index in [0.29, 0.717) is 29.8 Å². The molecule has 21 heavy (non-hydrogen) atoms. The normalized spacial score (nSPS) is 53.0. The minimum absolute atomic E-state index is 0.241. The van der Waals surface area contributed by atoms with E-state index in [1.807, 2.05) is 0 Å². The average molecular weight is 288 g/mol. The maximum absolute atomic E-state index is 13.0. The Balaban J connectivity index is 1.73. The summed E-state index contributed by atoms with van der Waals surface area (Å²) in [4.78, 5) is 25.4. The number of rotatable bonds is 0. The molecular formula is C19H28O2. The second-order valence-electron chi connectivity index (χ2n) is 8.80. The number of carbonyl (C=O) groups is 2. The van der Waals surface area contributed by atoms with Crippen molar-refractivity contribution in [1.82, 2.24) is 0 Å². The van der Waals surface area contributed by atoms with Crippen molar-refractivity contribution in [2.24, 2.45) is 34.5 Å². The van der Waals surface area contributed by atoms with Crippen molar-refractivity contribution in [3.63, 3.8) is 0 Å². The molecule has 6 atom stereocenters. The van der Waals surface area contributed by atoms with Crippen molar-refractivity contribution < 1.29 is 9.59 Å². The summed E-state index contributed by atoms with van der Waals surface area (Å²) in [7, 11) is 0. The fraction of sp³-hybridized carbons (Fsp3) is 0.895. The summed E-state index contributed by atoms with van der Waals surface area (Å²) >= 11 is 0. The van der Waals surface area contributed by atoms with Gasteiger partial charge < -0.3 is 0 Å². The van der Waals surface area contributed by atoms with Crippen molar-refractivity contribution in [2.45, 2.75) is 71.6 Å². The largest absolute Gasteiger partial charge is 0.299 e. The van der Waals surface area contributed by atoms with Gasteiger partial charge in [-0.15, -0.1) is 0 Å². The van der Waals surface area contributed by atoms with E-state index in [0.717, 1.165) is 18.8 Å². The Kier molecular flexibility index (Phi) is 2.94. The lowest BCUT2D eigenvalue weighted by atomic mass is 9.45. The number of carbonyl (C=O) groups excluding carboxylic acids is 2. The molecule has 4 aliphatic carbocycles. The number of ketones is 2. The molecule has 0 heterocycles. The molecule has 0 bridgehead atoms. The summed E-state index contributed by atoms with van der Waals surface area (Å²) in [6, 6.07) is 0. The minimum atomic E-state index is -0.309. The highest BCUT2D eigenvalue weighted by molar-refractivity contribution is 5.95. The zero-order valence-electron chi connectivity index (χ0n) is 13.5. The summed E-state index contributed by atoms with van der Waals surface area (Å²) in [5, 5.41) is 0. The Morgan fingerprint density at radius 1 is 1.00 bits per heavy atom. The quantitative estimate of drug-likeness (QED) is 0.670. The molecule has 0 aromatic carbocycles. The first-order valence-corrected chi connectivity index (χ1v) is 9.03. The van der Waals surface area contributed by atoms with Crippen LogP contribution in [0.2, 0.25) is 0 Å². The van der Waals surface area contributed by atoms with E-state index < -0.39 is 0 Å². The Bertz CT molecular complexity index is 496. The van der Waals surface area contributed by atoms with E-state index >= 15 is 0 Å². The molecule has 0 radical (unpaired) electrons. The molecule has 116 valence electrons. The SMILES string of the molecule is CC12CC(=O)C3C(CC[C@H]4CCCCC34C)C1CCC2=O. The first kappa shape index (κ1) is 14.0. The van der Waals surface area contributed by atoms with Gasteiger partial charge in [0.15, 0.2) is 0 Å². The molecule has 4 fully saturated rings. The van der Waals surface area contributed by atoms with E-state index in [2.05, 4.69) is 13.8 Å². The predicted molar refractivity (Wildman–Crippen MR) is 81.7 cm³/mol. The average Bonchev–Trinajstić information content (AvgIpc) is 2.73. The second-order valence-corrected chi connectivity index (χ2v) is 8.80. The van der Waals surface area contributed by atoms with Crippen LogP contribution in [0.3, 0.4) is 0 Å². The van der Waals surface area contributed by atoms with Crippen LogP contribution in [0.1, 0.15) is 71.6 Å². The lowest BCUT2D eigenvalue weighted by molar-refractivity contribution is -0.159. The van der Waals surface area contributed by atoms with Crippen LogP contribution in [0, 0.1) is 34.5 Å². The van der Waals surface area contributed by atoms with Crippen molar-refractivity contribution in [3.05, 3.63) is 0 Å². The fourth-order valence-electron chi connectivity index (χ4n) is 6.89.